The first-order valence-corrected chi connectivity index (χ1v) is 7.84. The van der Waals surface area contributed by atoms with Crippen LogP contribution in [0.1, 0.15) is 18.1 Å². The van der Waals surface area contributed by atoms with Crippen molar-refractivity contribution < 1.29 is 9.53 Å². The van der Waals surface area contributed by atoms with Crippen LogP contribution in [-0.2, 0) is 4.79 Å². The van der Waals surface area contributed by atoms with Crippen molar-refractivity contribution in [3.63, 3.8) is 0 Å². The lowest BCUT2D eigenvalue weighted by atomic mass is 10.1. The Morgan fingerprint density at radius 3 is 2.62 bits per heavy atom. The third-order valence-electron chi connectivity index (χ3n) is 3.12. The van der Waals surface area contributed by atoms with Gasteiger partial charge in [0.25, 0.3) is 5.91 Å². The van der Waals surface area contributed by atoms with Crippen molar-refractivity contribution in [2.45, 2.75) is 26.9 Å². The fraction of sp³-hybridized carbons (Fsp3) is 0.235. The Kier molecular flexibility index (Phi) is 5.22. The van der Waals surface area contributed by atoms with Crippen LogP contribution in [-0.4, -0.2) is 12.0 Å². The second-order valence-corrected chi connectivity index (χ2v) is 6.27. The summed E-state index contributed by atoms with van der Waals surface area (Å²) in [7, 11) is 0. The molecule has 1 amide bonds. The normalized spacial score (nSPS) is 11.8. The van der Waals surface area contributed by atoms with Gasteiger partial charge in [0.05, 0.1) is 0 Å². The summed E-state index contributed by atoms with van der Waals surface area (Å²) in [5.74, 6) is 0.547. The van der Waals surface area contributed by atoms with E-state index in [1.807, 2.05) is 56.3 Å². The molecule has 0 aromatic heterocycles. The Hall–Kier alpha value is -1.56. The van der Waals surface area contributed by atoms with Crippen molar-refractivity contribution in [2.24, 2.45) is 0 Å². The minimum absolute atomic E-state index is 0.152. The van der Waals surface area contributed by atoms with Gasteiger partial charge in [-0.3, -0.25) is 4.79 Å². The number of carbonyl (C=O) groups is 1. The molecular formula is C17H18INO2. The van der Waals surface area contributed by atoms with Crippen molar-refractivity contribution in [3.8, 4) is 5.75 Å². The average molecular weight is 395 g/mol. The van der Waals surface area contributed by atoms with E-state index in [0.717, 1.165) is 14.8 Å². The molecule has 2 aromatic rings. The molecule has 1 atom stereocenters. The molecule has 1 unspecified atom stereocenters. The molecule has 0 aliphatic rings. The van der Waals surface area contributed by atoms with Crippen molar-refractivity contribution >= 4 is 34.2 Å². The van der Waals surface area contributed by atoms with Gasteiger partial charge in [-0.2, -0.15) is 0 Å². The number of ether oxygens (including phenoxy) is 1. The van der Waals surface area contributed by atoms with Crippen LogP contribution in [0, 0.1) is 17.4 Å². The summed E-state index contributed by atoms with van der Waals surface area (Å²) in [6.45, 7) is 5.76. The maximum Gasteiger partial charge on any atom is 0.265 e. The highest BCUT2D eigenvalue weighted by molar-refractivity contribution is 14.1. The van der Waals surface area contributed by atoms with Gasteiger partial charge < -0.3 is 10.1 Å². The molecule has 2 aromatic carbocycles. The highest BCUT2D eigenvalue weighted by atomic mass is 127. The lowest BCUT2D eigenvalue weighted by molar-refractivity contribution is -0.122. The molecular weight excluding hydrogens is 377 g/mol. The molecule has 0 bridgehead atoms. The number of benzene rings is 2. The third-order valence-corrected chi connectivity index (χ3v) is 3.79. The average Bonchev–Trinajstić information content (AvgIpc) is 2.41. The monoisotopic (exact) mass is 395 g/mol. The van der Waals surface area contributed by atoms with Crippen LogP contribution in [0.15, 0.2) is 42.5 Å². The minimum Gasteiger partial charge on any atom is -0.481 e. The van der Waals surface area contributed by atoms with Crippen LogP contribution in [0.2, 0.25) is 0 Å². The SMILES string of the molecule is Cc1ccc(NC(=O)C(C)Oc2cccc(I)c2)c(C)c1. The molecule has 4 heteroatoms. The standard InChI is InChI=1S/C17H18INO2/c1-11-7-8-16(12(2)9-11)19-17(20)13(3)21-15-6-4-5-14(18)10-15/h4-10,13H,1-3H3,(H,19,20). The number of rotatable bonds is 4. The Labute approximate surface area is 138 Å². The van der Waals surface area contributed by atoms with E-state index in [0.29, 0.717) is 5.75 Å². The van der Waals surface area contributed by atoms with E-state index in [1.54, 1.807) is 6.92 Å². The molecule has 0 aliphatic heterocycles. The molecule has 1 N–H and O–H groups in total. The van der Waals surface area contributed by atoms with Crippen LogP contribution < -0.4 is 10.1 Å². The molecule has 0 radical (unpaired) electrons. The van der Waals surface area contributed by atoms with E-state index in [1.165, 1.54) is 5.56 Å². The number of anilines is 1. The zero-order valence-electron chi connectivity index (χ0n) is 12.3. The van der Waals surface area contributed by atoms with E-state index in [9.17, 15) is 4.79 Å². The van der Waals surface area contributed by atoms with Gasteiger partial charge in [0.2, 0.25) is 0 Å². The van der Waals surface area contributed by atoms with Crippen molar-refractivity contribution in [2.75, 3.05) is 5.32 Å². The Morgan fingerprint density at radius 2 is 1.95 bits per heavy atom. The molecule has 21 heavy (non-hydrogen) atoms. The summed E-state index contributed by atoms with van der Waals surface area (Å²) in [6, 6.07) is 13.6. The fourth-order valence-electron chi connectivity index (χ4n) is 1.99. The molecule has 110 valence electrons. The van der Waals surface area contributed by atoms with Gasteiger partial charge in [-0.15, -0.1) is 0 Å². The highest BCUT2D eigenvalue weighted by Gasteiger charge is 2.15. The van der Waals surface area contributed by atoms with Crippen molar-refractivity contribution in [3.05, 3.63) is 57.2 Å². The first-order chi connectivity index (χ1) is 9.95. The first-order valence-electron chi connectivity index (χ1n) is 6.76. The maximum absolute atomic E-state index is 12.2. The number of hydrogen-bond acceptors (Lipinski definition) is 2. The molecule has 3 nitrogen and oxygen atoms in total. The topological polar surface area (TPSA) is 38.3 Å². The number of halogens is 1. The zero-order valence-corrected chi connectivity index (χ0v) is 14.5. The largest absolute Gasteiger partial charge is 0.481 e. The fourth-order valence-corrected chi connectivity index (χ4v) is 2.50. The number of nitrogens with one attached hydrogen (secondary N) is 1. The Bertz CT molecular complexity index is 655. The molecule has 0 spiro atoms. The number of hydrogen-bond donors (Lipinski definition) is 1. The van der Waals surface area contributed by atoms with Gasteiger partial charge in [0.1, 0.15) is 5.75 Å². The van der Waals surface area contributed by atoms with E-state index in [-0.39, 0.29) is 5.91 Å². The number of carbonyl (C=O) groups excluding carboxylic acids is 1. The molecule has 2 rings (SSSR count). The second-order valence-electron chi connectivity index (χ2n) is 5.03. The quantitative estimate of drug-likeness (QED) is 0.784. The third kappa shape index (κ3) is 4.46. The number of aryl methyl sites for hydroxylation is 2. The lowest BCUT2D eigenvalue weighted by Crippen LogP contribution is -2.30. The van der Waals surface area contributed by atoms with E-state index >= 15 is 0 Å². The summed E-state index contributed by atoms with van der Waals surface area (Å²) in [6.07, 6.45) is -0.552. The predicted molar refractivity (Wildman–Crippen MR) is 93.8 cm³/mol. The van der Waals surface area contributed by atoms with Gasteiger partial charge in [0, 0.05) is 9.26 Å². The van der Waals surface area contributed by atoms with Crippen molar-refractivity contribution in [1.82, 2.24) is 0 Å². The summed E-state index contributed by atoms with van der Waals surface area (Å²) in [4.78, 5) is 12.2. The highest BCUT2D eigenvalue weighted by Crippen LogP contribution is 2.19. The van der Waals surface area contributed by atoms with Crippen LogP contribution in [0.3, 0.4) is 0 Å². The number of amides is 1. The summed E-state index contributed by atoms with van der Waals surface area (Å²) in [5.41, 5.74) is 3.04. The van der Waals surface area contributed by atoms with Crippen LogP contribution in [0.5, 0.6) is 5.75 Å². The lowest BCUT2D eigenvalue weighted by Gasteiger charge is -2.16. The molecule has 0 saturated heterocycles. The molecule has 0 saturated carbocycles. The summed E-state index contributed by atoms with van der Waals surface area (Å²) in [5, 5.41) is 2.91. The molecule has 0 fully saturated rings. The van der Waals surface area contributed by atoms with Crippen LogP contribution in [0.25, 0.3) is 0 Å². The van der Waals surface area contributed by atoms with Gasteiger partial charge >= 0.3 is 0 Å². The Balaban J connectivity index is 2.02. The second kappa shape index (κ2) is 6.93. The van der Waals surface area contributed by atoms with E-state index in [4.69, 9.17) is 4.74 Å². The predicted octanol–water partition coefficient (Wildman–Crippen LogP) is 4.31. The first kappa shape index (κ1) is 15.8. The van der Waals surface area contributed by atoms with E-state index in [2.05, 4.69) is 27.9 Å². The smallest absolute Gasteiger partial charge is 0.265 e. The van der Waals surface area contributed by atoms with Gasteiger partial charge in [0.15, 0.2) is 6.10 Å². The Morgan fingerprint density at radius 1 is 1.19 bits per heavy atom. The van der Waals surface area contributed by atoms with E-state index < -0.39 is 6.10 Å². The summed E-state index contributed by atoms with van der Waals surface area (Å²) >= 11 is 2.21. The van der Waals surface area contributed by atoms with Gasteiger partial charge in [-0.1, -0.05) is 23.8 Å². The van der Waals surface area contributed by atoms with Crippen LogP contribution in [0.4, 0.5) is 5.69 Å². The zero-order chi connectivity index (χ0) is 15.4. The molecule has 0 aliphatic carbocycles. The molecule has 0 heterocycles. The van der Waals surface area contributed by atoms with Crippen LogP contribution >= 0.6 is 22.6 Å². The van der Waals surface area contributed by atoms with Crippen molar-refractivity contribution in [1.29, 1.82) is 0 Å². The van der Waals surface area contributed by atoms with Gasteiger partial charge in [-0.05, 0) is 73.2 Å². The summed E-state index contributed by atoms with van der Waals surface area (Å²) < 4.78 is 6.75. The van der Waals surface area contributed by atoms with Gasteiger partial charge in [-0.25, -0.2) is 0 Å². The minimum atomic E-state index is -0.552. The maximum atomic E-state index is 12.2.